The number of aromatic nitrogens is 2. The summed E-state index contributed by atoms with van der Waals surface area (Å²) in [4.78, 5) is 41.0. The Morgan fingerprint density at radius 2 is 1.27 bits per heavy atom. The van der Waals surface area contributed by atoms with Gasteiger partial charge in [0.1, 0.15) is 35.5 Å². The third-order valence-electron chi connectivity index (χ3n) is 14.0. The molecular weight excluding hydrogens is 979 g/mol. The molecule has 2 aliphatic rings. The topological polar surface area (TPSA) is 137 Å². The van der Waals surface area contributed by atoms with Crippen molar-refractivity contribution in [2.24, 2.45) is 11.8 Å². The lowest BCUT2D eigenvalue weighted by Gasteiger charge is -2.33. The van der Waals surface area contributed by atoms with Gasteiger partial charge in [0.15, 0.2) is 0 Å². The summed E-state index contributed by atoms with van der Waals surface area (Å²) < 4.78 is 59.0. The van der Waals surface area contributed by atoms with Crippen molar-refractivity contribution >= 4 is 11.8 Å². The van der Waals surface area contributed by atoms with Crippen LogP contribution in [-0.4, -0.2) is 104 Å². The number of carbonyl (C=O) groups is 2. The molecular formula is C62H74F2N6O7. The molecule has 0 aliphatic carbocycles. The van der Waals surface area contributed by atoms with E-state index < -0.39 is 5.82 Å². The van der Waals surface area contributed by atoms with Crippen molar-refractivity contribution in [1.29, 1.82) is 0 Å². The zero-order valence-corrected chi connectivity index (χ0v) is 45.3. The molecule has 13 nitrogen and oxygen atoms in total. The number of pyridine rings is 2. The van der Waals surface area contributed by atoms with Gasteiger partial charge in [-0.05, 0) is 191 Å². The van der Waals surface area contributed by atoms with Crippen LogP contribution in [-0.2, 0) is 35.5 Å². The van der Waals surface area contributed by atoms with Crippen LogP contribution in [0.25, 0.3) is 22.3 Å². The Morgan fingerprint density at radius 3 is 1.94 bits per heavy atom. The highest BCUT2D eigenvalue weighted by atomic mass is 19.1. The predicted molar refractivity (Wildman–Crippen MR) is 296 cm³/mol. The van der Waals surface area contributed by atoms with Crippen LogP contribution in [0.5, 0.6) is 29.0 Å². The van der Waals surface area contributed by atoms with Gasteiger partial charge in [0.25, 0.3) is 0 Å². The van der Waals surface area contributed by atoms with Crippen LogP contribution in [0.15, 0.2) is 109 Å². The van der Waals surface area contributed by atoms with Crippen LogP contribution in [0, 0.1) is 23.5 Å². The second-order valence-corrected chi connectivity index (χ2v) is 20.5. The highest BCUT2D eigenvalue weighted by Crippen LogP contribution is 2.40. The van der Waals surface area contributed by atoms with Crippen molar-refractivity contribution < 1.29 is 42.1 Å². The molecule has 2 N–H and O–H groups in total. The molecule has 2 amide bonds. The molecule has 77 heavy (non-hydrogen) atoms. The van der Waals surface area contributed by atoms with E-state index in [1.807, 2.05) is 76.2 Å². The van der Waals surface area contributed by atoms with E-state index in [9.17, 15) is 18.4 Å². The maximum absolute atomic E-state index is 14.5. The van der Waals surface area contributed by atoms with Crippen molar-refractivity contribution in [1.82, 2.24) is 30.4 Å². The molecule has 0 atom stereocenters. The number of halogens is 2. The average Bonchev–Trinajstić information content (AvgIpc) is 3.42. The Morgan fingerprint density at radius 1 is 0.636 bits per heavy atom. The van der Waals surface area contributed by atoms with Crippen molar-refractivity contribution in [3.05, 3.63) is 149 Å². The van der Waals surface area contributed by atoms with E-state index in [1.54, 1.807) is 18.2 Å². The van der Waals surface area contributed by atoms with Gasteiger partial charge in [0, 0.05) is 36.8 Å². The summed E-state index contributed by atoms with van der Waals surface area (Å²) in [5, 5.41) is 5.81. The number of carbonyl (C=O) groups excluding carboxylic acids is 2. The lowest BCUT2D eigenvalue weighted by Crippen LogP contribution is -2.36. The largest absolute Gasteiger partial charge is 0.494 e. The van der Waals surface area contributed by atoms with Gasteiger partial charge in [0.05, 0.1) is 50.7 Å². The second-order valence-electron chi connectivity index (χ2n) is 20.5. The number of ether oxygens (including phenoxy) is 5. The predicted octanol–water partition coefficient (Wildman–Crippen LogP) is 10.6. The molecule has 0 radical (unpaired) electrons. The minimum absolute atomic E-state index is 0.0287. The van der Waals surface area contributed by atoms with E-state index in [2.05, 4.69) is 45.7 Å². The fraction of sp³-hybridized carbons (Fsp3) is 0.419. The first-order valence-corrected chi connectivity index (χ1v) is 27.2. The molecule has 8 rings (SSSR count). The Bertz CT molecular complexity index is 2890. The summed E-state index contributed by atoms with van der Waals surface area (Å²) >= 11 is 0. The van der Waals surface area contributed by atoms with Gasteiger partial charge in [0.2, 0.25) is 23.6 Å². The normalized spacial score (nSPS) is 14.5. The summed E-state index contributed by atoms with van der Waals surface area (Å²) in [6.07, 6.45) is 3.96. The van der Waals surface area contributed by atoms with E-state index in [4.69, 9.17) is 33.7 Å². The van der Waals surface area contributed by atoms with E-state index in [0.29, 0.717) is 91.4 Å². The quantitative estimate of drug-likeness (QED) is 0.0567. The number of amides is 2. The Balaban J connectivity index is 0.929. The van der Waals surface area contributed by atoms with Gasteiger partial charge >= 0.3 is 0 Å². The number of nitrogens with one attached hydrogen (secondary N) is 2. The molecule has 4 aromatic carbocycles. The van der Waals surface area contributed by atoms with Crippen LogP contribution < -0.4 is 34.3 Å². The highest BCUT2D eigenvalue weighted by molar-refractivity contribution is 5.79. The molecule has 2 fully saturated rings. The third kappa shape index (κ3) is 16.7. The number of piperidine rings is 2. The van der Waals surface area contributed by atoms with Gasteiger partial charge < -0.3 is 39.2 Å². The number of benzene rings is 4. The Labute approximate surface area is 452 Å². The van der Waals surface area contributed by atoms with Crippen LogP contribution >= 0.6 is 0 Å². The van der Waals surface area contributed by atoms with E-state index in [-0.39, 0.29) is 49.5 Å². The molecule has 0 unspecified atom stereocenters. The molecule has 2 aliphatic heterocycles. The van der Waals surface area contributed by atoms with Gasteiger partial charge in [-0.2, -0.15) is 0 Å². The minimum atomic E-state index is -0.417. The number of rotatable bonds is 25. The minimum Gasteiger partial charge on any atom is -0.494 e. The number of hydrogen-bond acceptors (Lipinski definition) is 11. The lowest BCUT2D eigenvalue weighted by molar-refractivity contribution is -0.121. The summed E-state index contributed by atoms with van der Waals surface area (Å²) in [6, 6.07) is 32.5. The molecule has 15 heteroatoms. The van der Waals surface area contributed by atoms with Gasteiger partial charge in [-0.25, -0.2) is 18.7 Å². The van der Waals surface area contributed by atoms with Gasteiger partial charge in [-0.1, -0.05) is 44.2 Å². The number of nitrogens with zero attached hydrogens (tertiary/aromatic N) is 4. The van der Waals surface area contributed by atoms with Crippen LogP contribution in [0.4, 0.5) is 8.78 Å². The lowest BCUT2D eigenvalue weighted by atomic mass is 9.87. The molecule has 4 heterocycles. The van der Waals surface area contributed by atoms with E-state index in [0.717, 1.165) is 91.2 Å². The standard InChI is InChI=1S/C62H74F2N6O7/c1-6-73-53-16-11-46(12-17-53)55-18-14-51(36-59(71)65-38-44-9-8-10-49(63)31-44)67-61(55)75-30-29-70-27-23-47(24-28-70)57-34-48(13-20-58(57)74-7-2)56-19-15-52(68-62(56)77-41-43-21-25-69(5)26-22-43)37-60(72)66-39-45-32-50(64)35-54(33-45)76-40-42(3)4/h8-20,31-35,42-43,47H,6-7,21-30,36-41H2,1-5H3,(H,65,71)(H,66,72). The Kier molecular flexibility index (Phi) is 20.3. The average molecular weight is 1050 g/mol. The summed E-state index contributed by atoms with van der Waals surface area (Å²) in [6.45, 7) is 15.3. The first kappa shape index (κ1) is 56.1. The third-order valence-corrected chi connectivity index (χ3v) is 14.0. The van der Waals surface area contributed by atoms with Crippen molar-refractivity contribution in [2.75, 3.05) is 72.8 Å². The molecule has 2 saturated heterocycles. The fourth-order valence-corrected chi connectivity index (χ4v) is 9.77. The molecule has 6 aromatic rings. The summed E-state index contributed by atoms with van der Waals surface area (Å²) in [7, 11) is 2.15. The first-order chi connectivity index (χ1) is 37.4. The molecule has 0 bridgehead atoms. The first-order valence-electron chi connectivity index (χ1n) is 27.2. The van der Waals surface area contributed by atoms with Crippen LogP contribution in [0.1, 0.15) is 87.4 Å². The monoisotopic (exact) mass is 1050 g/mol. The van der Waals surface area contributed by atoms with E-state index >= 15 is 0 Å². The highest BCUT2D eigenvalue weighted by Gasteiger charge is 2.26. The number of likely N-dealkylation sites (tertiary alicyclic amines) is 2. The maximum Gasteiger partial charge on any atom is 0.226 e. The van der Waals surface area contributed by atoms with Crippen LogP contribution in [0.2, 0.25) is 0 Å². The Hall–Kier alpha value is -7.10. The van der Waals surface area contributed by atoms with E-state index in [1.165, 1.54) is 24.3 Å². The SMILES string of the molecule is CCOc1ccc(-c2ccc(CC(=O)NCc3cccc(F)c3)nc2OCCN2CCC(c3cc(-c4ccc(CC(=O)NCc5cc(F)cc(OCC(C)C)c5)nc4OCC4CCN(C)CC4)ccc3OCC)CC2)cc1. The van der Waals surface area contributed by atoms with Crippen molar-refractivity contribution in [3.8, 4) is 51.3 Å². The van der Waals surface area contributed by atoms with Gasteiger partial charge in [-0.15, -0.1) is 0 Å². The van der Waals surface area contributed by atoms with Crippen molar-refractivity contribution in [2.45, 2.75) is 85.2 Å². The zero-order chi connectivity index (χ0) is 54.1. The molecule has 0 spiro atoms. The van der Waals surface area contributed by atoms with Gasteiger partial charge in [-0.3, -0.25) is 14.5 Å². The smallest absolute Gasteiger partial charge is 0.226 e. The van der Waals surface area contributed by atoms with Crippen molar-refractivity contribution in [3.63, 3.8) is 0 Å². The summed E-state index contributed by atoms with van der Waals surface area (Å²) in [5.41, 5.74) is 7.10. The summed E-state index contributed by atoms with van der Waals surface area (Å²) in [5.74, 6) is 2.69. The maximum atomic E-state index is 14.5. The molecule has 2 aromatic heterocycles. The molecule has 408 valence electrons. The number of hydrogen-bond donors (Lipinski definition) is 2. The van der Waals surface area contributed by atoms with Crippen LogP contribution in [0.3, 0.4) is 0 Å². The second kappa shape index (κ2) is 27.8. The molecule has 0 saturated carbocycles. The zero-order valence-electron chi connectivity index (χ0n) is 45.3. The fourth-order valence-electron chi connectivity index (χ4n) is 9.77.